The van der Waals surface area contributed by atoms with E-state index in [4.69, 9.17) is 0 Å². The number of hydrogen-bond donors (Lipinski definition) is 2. The summed E-state index contributed by atoms with van der Waals surface area (Å²) < 4.78 is 0. The average molecular weight is 306 g/mol. The predicted octanol–water partition coefficient (Wildman–Crippen LogP) is 2.28. The van der Waals surface area contributed by atoms with Gasteiger partial charge in [-0.2, -0.15) is 11.8 Å². The number of urea groups is 1. The molecule has 2 atom stereocenters. The van der Waals surface area contributed by atoms with Crippen molar-refractivity contribution in [2.24, 2.45) is 0 Å². The van der Waals surface area contributed by atoms with Gasteiger partial charge in [-0.1, -0.05) is 18.2 Å². The fraction of sp³-hybridized carbons (Fsp3) is 0.467. The van der Waals surface area contributed by atoms with E-state index in [1.165, 1.54) is 0 Å². The number of nitrogens with one attached hydrogen (secondary N) is 1. The summed E-state index contributed by atoms with van der Waals surface area (Å²) in [6.45, 7) is 0.444. The highest BCUT2D eigenvalue weighted by atomic mass is 32.2. The lowest BCUT2D eigenvalue weighted by Crippen LogP contribution is -2.47. The lowest BCUT2D eigenvalue weighted by Gasteiger charge is -2.33. The minimum atomic E-state index is -0.824. The van der Waals surface area contributed by atoms with Gasteiger partial charge in [0.25, 0.3) is 0 Å². The summed E-state index contributed by atoms with van der Waals surface area (Å²) in [7, 11) is 0. The maximum atomic E-state index is 12.5. The molecular weight excluding hydrogens is 288 g/mol. The Hall–Kier alpha value is -1.69. The van der Waals surface area contributed by atoms with Crippen LogP contribution in [-0.4, -0.2) is 41.2 Å². The summed E-state index contributed by atoms with van der Waals surface area (Å²) in [5.74, 6) is 0.698. The van der Waals surface area contributed by atoms with Crippen LogP contribution in [0.15, 0.2) is 24.3 Å². The first kappa shape index (κ1) is 14.3. The maximum Gasteiger partial charge on any atom is 0.322 e. The predicted molar refractivity (Wildman–Crippen MR) is 83.0 cm³/mol. The summed E-state index contributed by atoms with van der Waals surface area (Å²) >= 11 is 1.85. The van der Waals surface area contributed by atoms with Crippen molar-refractivity contribution < 1.29 is 14.7 Å². The molecule has 2 aliphatic rings. The highest BCUT2D eigenvalue weighted by Crippen LogP contribution is 2.35. The van der Waals surface area contributed by atoms with Crippen molar-refractivity contribution >= 4 is 29.4 Å². The molecule has 1 aromatic rings. The number of carbonyl (C=O) groups excluding carboxylic acids is 1. The molecule has 2 aliphatic heterocycles. The molecule has 0 saturated carbocycles. The van der Waals surface area contributed by atoms with Gasteiger partial charge in [-0.05, 0) is 30.2 Å². The molecule has 6 heteroatoms. The number of anilines is 1. The number of aliphatic carboxylic acids is 1. The number of thioether (sulfide) groups is 1. The zero-order chi connectivity index (χ0) is 14.8. The summed E-state index contributed by atoms with van der Waals surface area (Å²) in [6, 6.07) is 7.41. The Labute approximate surface area is 127 Å². The second-order valence-corrected chi connectivity index (χ2v) is 6.55. The second kappa shape index (κ2) is 5.97. The number of carboxylic acid groups (broad SMARTS) is 1. The van der Waals surface area contributed by atoms with E-state index in [1.807, 2.05) is 30.0 Å². The van der Waals surface area contributed by atoms with E-state index in [-0.39, 0.29) is 12.1 Å². The molecule has 5 nitrogen and oxygen atoms in total. The highest BCUT2D eigenvalue weighted by molar-refractivity contribution is 7.99. The highest BCUT2D eigenvalue weighted by Gasteiger charge is 2.33. The van der Waals surface area contributed by atoms with Crippen molar-refractivity contribution in [2.75, 3.05) is 23.0 Å². The molecule has 2 unspecified atom stereocenters. The Morgan fingerprint density at radius 3 is 2.81 bits per heavy atom. The van der Waals surface area contributed by atoms with Crippen LogP contribution in [0.1, 0.15) is 24.3 Å². The molecule has 0 radical (unpaired) electrons. The van der Waals surface area contributed by atoms with Gasteiger partial charge in [0, 0.05) is 24.0 Å². The average Bonchev–Trinajstić information content (AvgIpc) is 2.98. The molecule has 2 N–H and O–H groups in total. The Morgan fingerprint density at radius 2 is 2.10 bits per heavy atom. The van der Waals surface area contributed by atoms with Crippen LogP contribution in [0, 0.1) is 0 Å². The number of rotatable bonds is 2. The van der Waals surface area contributed by atoms with Gasteiger partial charge in [0.2, 0.25) is 0 Å². The molecular formula is C15H18N2O3S. The third-order valence-electron chi connectivity index (χ3n) is 4.04. The number of fused-ring (bicyclic) bond motifs is 1. The maximum absolute atomic E-state index is 12.5. The van der Waals surface area contributed by atoms with E-state index in [9.17, 15) is 14.7 Å². The molecule has 2 amide bonds. The van der Waals surface area contributed by atoms with Gasteiger partial charge in [0.15, 0.2) is 0 Å². The monoisotopic (exact) mass is 306 g/mol. The minimum absolute atomic E-state index is 0.112. The van der Waals surface area contributed by atoms with Crippen LogP contribution in [0.3, 0.4) is 0 Å². The van der Waals surface area contributed by atoms with Crippen LogP contribution in [0.25, 0.3) is 0 Å². The smallest absolute Gasteiger partial charge is 0.322 e. The molecule has 1 saturated heterocycles. The van der Waals surface area contributed by atoms with Gasteiger partial charge in [0.05, 0.1) is 5.92 Å². The van der Waals surface area contributed by atoms with E-state index < -0.39 is 11.9 Å². The molecule has 21 heavy (non-hydrogen) atoms. The molecule has 1 fully saturated rings. The Morgan fingerprint density at radius 1 is 1.29 bits per heavy atom. The fourth-order valence-corrected chi connectivity index (χ4v) is 4.08. The van der Waals surface area contributed by atoms with Crippen molar-refractivity contribution in [3.63, 3.8) is 0 Å². The number of carbonyl (C=O) groups is 2. The molecule has 112 valence electrons. The lowest BCUT2D eigenvalue weighted by atomic mass is 9.90. The summed E-state index contributed by atoms with van der Waals surface area (Å²) in [5.41, 5.74) is 1.45. The third kappa shape index (κ3) is 2.85. The molecule has 2 heterocycles. The quantitative estimate of drug-likeness (QED) is 0.879. The molecule has 0 bridgehead atoms. The van der Waals surface area contributed by atoms with Gasteiger partial charge in [-0.3, -0.25) is 9.69 Å². The van der Waals surface area contributed by atoms with Gasteiger partial charge in [-0.25, -0.2) is 4.79 Å². The zero-order valence-corrected chi connectivity index (χ0v) is 12.4. The molecule has 1 aromatic carbocycles. The minimum Gasteiger partial charge on any atom is -0.481 e. The second-order valence-electron chi connectivity index (χ2n) is 5.40. The van der Waals surface area contributed by atoms with Crippen LogP contribution in [0.2, 0.25) is 0 Å². The van der Waals surface area contributed by atoms with E-state index in [2.05, 4.69) is 5.32 Å². The number of benzene rings is 1. The number of carboxylic acids is 1. The van der Waals surface area contributed by atoms with Crippen molar-refractivity contribution in [3.05, 3.63) is 29.8 Å². The number of amides is 2. The summed E-state index contributed by atoms with van der Waals surface area (Å²) in [6.07, 6.45) is 1.46. The normalized spacial score (nSPS) is 24.5. The zero-order valence-electron chi connectivity index (χ0n) is 11.6. The fourth-order valence-electron chi connectivity index (χ4n) is 2.93. The van der Waals surface area contributed by atoms with Crippen LogP contribution in [0.4, 0.5) is 10.5 Å². The largest absolute Gasteiger partial charge is 0.481 e. The van der Waals surface area contributed by atoms with Crippen LogP contribution < -0.4 is 10.2 Å². The Bertz CT molecular complexity index is 558. The first-order chi connectivity index (χ1) is 10.2. The van der Waals surface area contributed by atoms with Gasteiger partial charge >= 0.3 is 12.0 Å². The van der Waals surface area contributed by atoms with Crippen LogP contribution in [0.5, 0.6) is 0 Å². The summed E-state index contributed by atoms with van der Waals surface area (Å²) in [5, 5.41) is 12.4. The van der Waals surface area contributed by atoms with Crippen molar-refractivity contribution in [3.8, 4) is 0 Å². The Kier molecular flexibility index (Phi) is 4.05. The molecule has 0 aliphatic carbocycles. The first-order valence-corrected chi connectivity index (χ1v) is 8.30. The van der Waals surface area contributed by atoms with E-state index in [0.29, 0.717) is 13.0 Å². The number of para-hydroxylation sites is 1. The van der Waals surface area contributed by atoms with Crippen molar-refractivity contribution in [1.82, 2.24) is 5.32 Å². The first-order valence-electron chi connectivity index (χ1n) is 7.14. The SMILES string of the molecule is O=C(O)C1CCN(C(=O)NC2CCSC2)c2ccccc21. The van der Waals surface area contributed by atoms with Crippen molar-refractivity contribution in [2.45, 2.75) is 24.8 Å². The topological polar surface area (TPSA) is 69.6 Å². The molecule has 3 rings (SSSR count). The number of nitrogens with zero attached hydrogens (tertiary/aromatic N) is 1. The molecule has 0 aromatic heterocycles. The van der Waals surface area contributed by atoms with E-state index >= 15 is 0 Å². The lowest BCUT2D eigenvalue weighted by molar-refractivity contribution is -0.139. The van der Waals surface area contributed by atoms with E-state index in [0.717, 1.165) is 29.2 Å². The van der Waals surface area contributed by atoms with Crippen LogP contribution >= 0.6 is 11.8 Å². The summed E-state index contributed by atoms with van der Waals surface area (Å²) in [4.78, 5) is 25.5. The third-order valence-corrected chi connectivity index (χ3v) is 5.21. The van der Waals surface area contributed by atoms with Crippen molar-refractivity contribution in [1.29, 1.82) is 0 Å². The standard InChI is InChI=1S/C15H18N2O3S/c18-14(19)12-5-7-17(13-4-2-1-3-11(12)13)15(20)16-10-6-8-21-9-10/h1-4,10,12H,5-9H2,(H,16,20)(H,18,19). The van der Waals surface area contributed by atoms with Gasteiger partial charge in [0.1, 0.15) is 0 Å². The van der Waals surface area contributed by atoms with Gasteiger partial charge < -0.3 is 10.4 Å². The number of hydrogen-bond acceptors (Lipinski definition) is 3. The van der Waals surface area contributed by atoms with E-state index in [1.54, 1.807) is 11.0 Å². The van der Waals surface area contributed by atoms with Crippen LogP contribution in [-0.2, 0) is 4.79 Å². The molecule has 0 spiro atoms. The Balaban J connectivity index is 1.81. The van der Waals surface area contributed by atoms with Gasteiger partial charge in [-0.15, -0.1) is 0 Å².